The Bertz CT molecular complexity index is 787. The molecule has 26 heavy (non-hydrogen) atoms. The number of hydrazine groups is 1. The molecule has 0 aliphatic carbocycles. The van der Waals surface area contributed by atoms with E-state index < -0.39 is 0 Å². The van der Waals surface area contributed by atoms with Crippen molar-refractivity contribution in [3.63, 3.8) is 0 Å². The largest absolute Gasteiger partial charge is 0.348 e. The van der Waals surface area contributed by atoms with Crippen LogP contribution in [0.15, 0.2) is 36.5 Å². The Balaban J connectivity index is 1.56. The van der Waals surface area contributed by atoms with Crippen LogP contribution in [0, 0.1) is 5.92 Å². The van der Waals surface area contributed by atoms with Gasteiger partial charge in [0.05, 0.1) is 11.4 Å². The fourth-order valence-electron chi connectivity index (χ4n) is 4.42. The summed E-state index contributed by atoms with van der Waals surface area (Å²) in [5.41, 5.74) is 8.94. The van der Waals surface area contributed by atoms with Gasteiger partial charge >= 0.3 is 0 Å². The van der Waals surface area contributed by atoms with Crippen molar-refractivity contribution in [1.29, 1.82) is 0 Å². The lowest BCUT2D eigenvalue weighted by atomic mass is 9.92. The van der Waals surface area contributed by atoms with Crippen molar-refractivity contribution in [3.8, 4) is 0 Å². The summed E-state index contributed by atoms with van der Waals surface area (Å²) in [5.74, 6) is 0.187. The maximum atomic E-state index is 12.6. The van der Waals surface area contributed by atoms with Crippen LogP contribution < -0.4 is 10.9 Å². The van der Waals surface area contributed by atoms with Gasteiger partial charge in [-0.15, -0.1) is 0 Å². The number of hydrogen-bond acceptors (Lipinski definition) is 5. The number of nitrogens with zero attached hydrogens (tertiary/aromatic N) is 3. The molecule has 3 heterocycles. The summed E-state index contributed by atoms with van der Waals surface area (Å²) >= 11 is 0. The molecule has 0 radical (unpaired) electrons. The minimum atomic E-state index is -0.0127. The highest BCUT2D eigenvalue weighted by atomic mass is 16.2. The summed E-state index contributed by atoms with van der Waals surface area (Å²) in [6, 6.07) is 11.0. The summed E-state index contributed by atoms with van der Waals surface area (Å²) in [7, 11) is 3.68. The number of fused-ring (bicyclic) bond motifs is 1. The van der Waals surface area contributed by atoms with Crippen molar-refractivity contribution in [1.82, 2.24) is 25.6 Å². The summed E-state index contributed by atoms with van der Waals surface area (Å²) in [6.45, 7) is 2.64. The van der Waals surface area contributed by atoms with Crippen molar-refractivity contribution in [2.45, 2.75) is 31.5 Å². The summed E-state index contributed by atoms with van der Waals surface area (Å²) in [4.78, 5) is 21.4. The average Bonchev–Trinajstić information content (AvgIpc) is 3.30. The number of carbonyl (C=O) groups is 1. The molecule has 138 valence electrons. The van der Waals surface area contributed by atoms with E-state index in [0.717, 1.165) is 25.0 Å². The number of rotatable bonds is 4. The van der Waals surface area contributed by atoms with Crippen molar-refractivity contribution in [2.24, 2.45) is 5.92 Å². The average molecular weight is 353 g/mol. The van der Waals surface area contributed by atoms with E-state index in [9.17, 15) is 4.79 Å². The number of carbonyl (C=O) groups excluding carboxylic acids is 1. The third-order valence-corrected chi connectivity index (χ3v) is 5.70. The van der Waals surface area contributed by atoms with Gasteiger partial charge in [0.2, 0.25) is 5.91 Å². The van der Waals surface area contributed by atoms with Gasteiger partial charge in [0.25, 0.3) is 0 Å². The molecule has 0 bridgehead atoms. The number of nitrogens with one attached hydrogen (secondary N) is 2. The van der Waals surface area contributed by atoms with Gasteiger partial charge in [-0.25, -0.2) is 0 Å². The Hall–Kier alpha value is -2.02. The van der Waals surface area contributed by atoms with Crippen molar-refractivity contribution < 1.29 is 4.79 Å². The second-order valence-electron chi connectivity index (χ2n) is 7.56. The fraction of sp³-hybridized carbons (Fsp3) is 0.500. The smallest absolute Gasteiger partial charge is 0.228 e. The number of pyridine rings is 1. The van der Waals surface area contributed by atoms with Crippen molar-refractivity contribution in [2.75, 3.05) is 27.2 Å². The first-order valence-electron chi connectivity index (χ1n) is 9.41. The van der Waals surface area contributed by atoms with E-state index in [2.05, 4.69) is 45.0 Å². The first-order chi connectivity index (χ1) is 12.6. The number of hydrogen-bond donors (Lipinski definition) is 2. The van der Waals surface area contributed by atoms with Gasteiger partial charge in [0.15, 0.2) is 0 Å². The van der Waals surface area contributed by atoms with Crippen LogP contribution >= 0.6 is 0 Å². The zero-order valence-corrected chi connectivity index (χ0v) is 15.5. The summed E-state index contributed by atoms with van der Waals surface area (Å²) in [6.07, 6.45) is 4.15. The SMILES string of the molecule is CN(C)C(=O)C1CNNC1C1CCCN1Cc1cccc2cccnc12. The van der Waals surface area contributed by atoms with E-state index in [-0.39, 0.29) is 17.9 Å². The van der Waals surface area contributed by atoms with Gasteiger partial charge in [-0.2, -0.15) is 0 Å². The Morgan fingerprint density at radius 2 is 2.15 bits per heavy atom. The van der Waals surface area contributed by atoms with Crippen LogP contribution in [-0.4, -0.2) is 60.0 Å². The van der Waals surface area contributed by atoms with E-state index in [0.29, 0.717) is 12.6 Å². The topological polar surface area (TPSA) is 60.5 Å². The molecule has 0 spiro atoms. The van der Waals surface area contributed by atoms with Crippen LogP contribution in [0.3, 0.4) is 0 Å². The fourth-order valence-corrected chi connectivity index (χ4v) is 4.42. The number of amides is 1. The second-order valence-corrected chi connectivity index (χ2v) is 7.56. The molecule has 3 unspecified atom stereocenters. The standard InChI is InChI=1S/C20H27N5O/c1-24(2)20(26)16-12-22-23-19(16)17-9-5-11-25(17)13-15-7-3-6-14-8-4-10-21-18(14)15/h3-4,6-8,10,16-17,19,22-23H,5,9,11-13H2,1-2H3. The monoisotopic (exact) mass is 353 g/mol. The molecule has 2 fully saturated rings. The van der Waals surface area contributed by atoms with Gasteiger partial charge in [-0.1, -0.05) is 24.3 Å². The highest BCUT2D eigenvalue weighted by Crippen LogP contribution is 2.29. The normalized spacial score (nSPS) is 26.5. The molecule has 0 saturated carbocycles. The van der Waals surface area contributed by atoms with Crippen LogP contribution in [0.5, 0.6) is 0 Å². The maximum absolute atomic E-state index is 12.6. The molecular formula is C20H27N5O. The first-order valence-corrected chi connectivity index (χ1v) is 9.41. The van der Waals surface area contributed by atoms with E-state index in [1.54, 1.807) is 4.90 Å². The third kappa shape index (κ3) is 3.20. The Morgan fingerprint density at radius 1 is 1.31 bits per heavy atom. The molecular weight excluding hydrogens is 326 g/mol. The molecule has 2 aliphatic rings. The van der Waals surface area contributed by atoms with E-state index in [1.807, 2.05) is 26.4 Å². The highest BCUT2D eigenvalue weighted by Gasteiger charge is 2.42. The molecule has 3 atom stereocenters. The van der Waals surface area contributed by atoms with Crippen molar-refractivity contribution in [3.05, 3.63) is 42.1 Å². The van der Waals surface area contributed by atoms with Gasteiger partial charge in [-0.05, 0) is 31.0 Å². The second kappa shape index (κ2) is 7.31. The lowest BCUT2D eigenvalue weighted by Gasteiger charge is -2.32. The van der Waals surface area contributed by atoms with Crippen LogP contribution in [0.2, 0.25) is 0 Å². The molecule has 6 heteroatoms. The summed E-state index contributed by atoms with van der Waals surface area (Å²) in [5, 5.41) is 1.18. The molecule has 1 amide bonds. The predicted molar refractivity (Wildman–Crippen MR) is 102 cm³/mol. The van der Waals surface area contributed by atoms with Gasteiger partial charge < -0.3 is 4.90 Å². The molecule has 1 aromatic carbocycles. The highest BCUT2D eigenvalue weighted by molar-refractivity contribution is 5.81. The molecule has 4 rings (SSSR count). The van der Waals surface area contributed by atoms with E-state index in [4.69, 9.17) is 0 Å². The minimum Gasteiger partial charge on any atom is -0.348 e. The minimum absolute atomic E-state index is 0.0127. The van der Waals surface area contributed by atoms with Crippen molar-refractivity contribution >= 4 is 16.8 Å². The molecule has 2 aliphatic heterocycles. The lowest BCUT2D eigenvalue weighted by molar-refractivity contribution is -0.133. The Labute approximate surface area is 154 Å². The maximum Gasteiger partial charge on any atom is 0.228 e. The van der Waals surface area contributed by atoms with Crippen LogP contribution in [0.4, 0.5) is 0 Å². The van der Waals surface area contributed by atoms with Gasteiger partial charge in [0.1, 0.15) is 0 Å². The predicted octanol–water partition coefficient (Wildman–Crippen LogP) is 1.38. The Morgan fingerprint density at radius 3 is 3.00 bits per heavy atom. The number of para-hydroxylation sites is 1. The van der Waals surface area contributed by atoms with Gasteiger partial charge in [-0.3, -0.25) is 25.5 Å². The van der Waals surface area contributed by atoms with Gasteiger partial charge in [0, 0.05) is 50.9 Å². The lowest BCUT2D eigenvalue weighted by Crippen LogP contribution is -2.51. The number of likely N-dealkylation sites (tertiary alicyclic amines) is 1. The van der Waals surface area contributed by atoms with Crippen LogP contribution in [0.25, 0.3) is 10.9 Å². The molecule has 2 aromatic rings. The molecule has 2 N–H and O–H groups in total. The number of benzene rings is 1. The quantitative estimate of drug-likeness (QED) is 0.870. The van der Waals surface area contributed by atoms with E-state index >= 15 is 0 Å². The van der Waals surface area contributed by atoms with Crippen LogP contribution in [0.1, 0.15) is 18.4 Å². The zero-order chi connectivity index (χ0) is 18.1. The number of aromatic nitrogens is 1. The molecule has 1 aromatic heterocycles. The third-order valence-electron chi connectivity index (χ3n) is 5.70. The molecule has 6 nitrogen and oxygen atoms in total. The molecule has 2 saturated heterocycles. The van der Waals surface area contributed by atoms with E-state index in [1.165, 1.54) is 17.4 Å². The first kappa shape index (κ1) is 17.4. The zero-order valence-electron chi connectivity index (χ0n) is 15.5. The summed E-state index contributed by atoms with van der Waals surface area (Å²) < 4.78 is 0. The van der Waals surface area contributed by atoms with Crippen LogP contribution in [-0.2, 0) is 11.3 Å². The Kier molecular flexibility index (Phi) is 4.89.